The second-order valence-corrected chi connectivity index (χ2v) is 4.77. The van der Waals surface area contributed by atoms with Gasteiger partial charge in [-0.1, -0.05) is 0 Å². The molecule has 2 rings (SSSR count). The third kappa shape index (κ3) is 3.29. The molecule has 21 heavy (non-hydrogen) atoms. The minimum atomic E-state index is -1.16. The lowest BCUT2D eigenvalue weighted by Gasteiger charge is -2.21. The summed E-state index contributed by atoms with van der Waals surface area (Å²) in [4.78, 5) is 35.1. The Kier molecular flexibility index (Phi) is 4.08. The average molecular weight is 293 g/mol. The van der Waals surface area contributed by atoms with E-state index in [0.29, 0.717) is 11.3 Å². The van der Waals surface area contributed by atoms with Crippen molar-refractivity contribution in [3.8, 4) is 0 Å². The number of carboxylic acids is 1. The lowest BCUT2D eigenvalue weighted by Crippen LogP contribution is -2.43. The van der Waals surface area contributed by atoms with Crippen LogP contribution in [0.1, 0.15) is 16.8 Å². The molecule has 1 aliphatic rings. The summed E-state index contributed by atoms with van der Waals surface area (Å²) in [5.74, 6) is -1.74. The molecule has 0 aliphatic carbocycles. The quantitative estimate of drug-likeness (QED) is 0.614. The van der Waals surface area contributed by atoms with Crippen molar-refractivity contribution in [3.05, 3.63) is 29.8 Å². The van der Waals surface area contributed by atoms with E-state index in [0.717, 1.165) is 4.90 Å². The number of hydrogen-bond donors (Lipinski definition) is 4. The molecule has 0 bridgehead atoms. The van der Waals surface area contributed by atoms with Gasteiger partial charge in [-0.05, 0) is 24.3 Å². The van der Waals surface area contributed by atoms with Crippen LogP contribution < -0.4 is 11.1 Å². The molecule has 1 fully saturated rings. The Hall–Kier alpha value is -2.61. The minimum Gasteiger partial charge on any atom is -0.480 e. The Labute approximate surface area is 120 Å². The summed E-state index contributed by atoms with van der Waals surface area (Å²) < 4.78 is 0. The maximum atomic E-state index is 12.0. The molecule has 1 saturated heterocycles. The number of nitrogens with two attached hydrogens (primary N) is 1. The topological polar surface area (TPSA) is 133 Å². The van der Waals surface area contributed by atoms with Gasteiger partial charge in [0.15, 0.2) is 0 Å². The molecule has 8 nitrogen and oxygen atoms in total. The zero-order valence-corrected chi connectivity index (χ0v) is 11.0. The van der Waals surface area contributed by atoms with Gasteiger partial charge < -0.3 is 26.2 Å². The first-order chi connectivity index (χ1) is 9.88. The predicted molar refractivity (Wildman–Crippen MR) is 72.7 cm³/mol. The van der Waals surface area contributed by atoms with Crippen LogP contribution >= 0.6 is 0 Å². The lowest BCUT2D eigenvalue weighted by molar-refractivity contribution is -0.141. The Bertz CT molecular complexity index is 572. The number of aliphatic carboxylic acids is 1. The number of primary amides is 1. The van der Waals surface area contributed by atoms with Crippen LogP contribution in [0.25, 0.3) is 0 Å². The number of urea groups is 1. The third-order valence-corrected chi connectivity index (χ3v) is 3.25. The molecule has 1 aromatic carbocycles. The summed E-state index contributed by atoms with van der Waals surface area (Å²) in [6.45, 7) is -0.0395. The van der Waals surface area contributed by atoms with Crippen molar-refractivity contribution in [2.24, 2.45) is 5.73 Å². The van der Waals surface area contributed by atoms with Gasteiger partial charge in [0.2, 0.25) is 5.91 Å². The molecular weight excluding hydrogens is 278 g/mol. The Morgan fingerprint density at radius 2 is 1.86 bits per heavy atom. The number of aliphatic hydroxyl groups is 1. The van der Waals surface area contributed by atoms with Gasteiger partial charge in [0, 0.05) is 24.2 Å². The molecule has 8 heteroatoms. The number of anilines is 1. The number of likely N-dealkylation sites (tertiary alicyclic amines) is 1. The summed E-state index contributed by atoms with van der Waals surface area (Å²) in [6.07, 6.45) is -0.849. The number of nitrogens with zero attached hydrogens (tertiary/aromatic N) is 1. The van der Waals surface area contributed by atoms with E-state index in [-0.39, 0.29) is 13.0 Å². The number of carboxylic acid groups (broad SMARTS) is 1. The average Bonchev–Trinajstić information content (AvgIpc) is 2.82. The molecule has 1 aliphatic heterocycles. The molecule has 0 unspecified atom stereocenters. The van der Waals surface area contributed by atoms with Crippen molar-refractivity contribution in [3.63, 3.8) is 0 Å². The van der Waals surface area contributed by atoms with Gasteiger partial charge in [0.05, 0.1) is 6.10 Å². The molecule has 1 heterocycles. The zero-order valence-electron chi connectivity index (χ0n) is 11.0. The Balaban J connectivity index is 2.06. The van der Waals surface area contributed by atoms with E-state index >= 15 is 0 Å². The van der Waals surface area contributed by atoms with E-state index in [1.54, 1.807) is 0 Å². The molecule has 1 aromatic rings. The molecule has 3 amide bonds. The van der Waals surface area contributed by atoms with Crippen molar-refractivity contribution in [2.75, 3.05) is 11.9 Å². The van der Waals surface area contributed by atoms with Crippen LogP contribution in [0.4, 0.5) is 10.5 Å². The maximum absolute atomic E-state index is 12.0. The molecule has 5 N–H and O–H groups in total. The minimum absolute atomic E-state index is 0.00334. The van der Waals surface area contributed by atoms with Crippen molar-refractivity contribution < 1.29 is 24.6 Å². The maximum Gasteiger partial charge on any atom is 0.326 e. The van der Waals surface area contributed by atoms with Gasteiger partial charge in [-0.25, -0.2) is 9.59 Å². The van der Waals surface area contributed by atoms with Gasteiger partial charge in [-0.15, -0.1) is 0 Å². The number of amides is 3. The largest absolute Gasteiger partial charge is 0.480 e. The van der Waals surface area contributed by atoms with E-state index in [1.165, 1.54) is 24.3 Å². The highest BCUT2D eigenvalue weighted by Gasteiger charge is 2.38. The van der Waals surface area contributed by atoms with Gasteiger partial charge in [0.1, 0.15) is 6.04 Å². The second-order valence-electron chi connectivity index (χ2n) is 4.77. The molecule has 2 atom stereocenters. The molecular formula is C13H15N3O5. The number of nitrogens with one attached hydrogen (secondary N) is 1. The molecule has 0 saturated carbocycles. The number of aliphatic hydroxyl groups excluding tert-OH is 1. The molecule has 112 valence electrons. The fourth-order valence-electron chi connectivity index (χ4n) is 2.19. The number of benzene rings is 1. The first kappa shape index (κ1) is 14.8. The van der Waals surface area contributed by atoms with E-state index in [4.69, 9.17) is 10.8 Å². The summed E-state index contributed by atoms with van der Waals surface area (Å²) >= 11 is 0. The Morgan fingerprint density at radius 3 is 2.38 bits per heavy atom. The molecule has 0 aromatic heterocycles. The standard InChI is InChI=1S/C13H15N3O5/c14-11(18)7-1-3-8(4-2-7)15-13(21)16-6-9(17)5-10(16)12(19)20/h1-4,9-10,17H,5-6H2,(H2,14,18)(H,15,21)(H,19,20)/t9-,10-/m1/s1. The number of rotatable bonds is 3. The monoisotopic (exact) mass is 293 g/mol. The SMILES string of the molecule is NC(=O)c1ccc(NC(=O)N2C[C@H](O)C[C@@H]2C(=O)O)cc1. The number of hydrogen-bond acceptors (Lipinski definition) is 4. The highest BCUT2D eigenvalue weighted by molar-refractivity contribution is 5.95. The van der Waals surface area contributed by atoms with Crippen LogP contribution in [0.3, 0.4) is 0 Å². The number of β-amino-alcohol motifs (C(OH)–C–C–N with tert-alkyl or cyclic N) is 1. The normalized spacial score (nSPS) is 21.1. The van der Waals surface area contributed by atoms with E-state index in [1.807, 2.05) is 0 Å². The highest BCUT2D eigenvalue weighted by atomic mass is 16.4. The first-order valence-corrected chi connectivity index (χ1v) is 6.27. The Morgan fingerprint density at radius 1 is 1.24 bits per heavy atom. The highest BCUT2D eigenvalue weighted by Crippen LogP contribution is 2.20. The second kappa shape index (κ2) is 5.80. The van der Waals surface area contributed by atoms with Crippen LogP contribution in [0, 0.1) is 0 Å². The molecule has 0 spiro atoms. The summed E-state index contributed by atoms with van der Waals surface area (Å²) in [5, 5.41) is 21.0. The van der Waals surface area contributed by atoms with E-state index in [2.05, 4.69) is 5.32 Å². The van der Waals surface area contributed by atoms with Crippen molar-refractivity contribution in [1.82, 2.24) is 4.90 Å². The first-order valence-electron chi connectivity index (χ1n) is 6.27. The zero-order chi connectivity index (χ0) is 15.6. The van der Waals surface area contributed by atoms with Crippen molar-refractivity contribution >= 4 is 23.6 Å². The van der Waals surface area contributed by atoms with Crippen LogP contribution in [0.15, 0.2) is 24.3 Å². The van der Waals surface area contributed by atoms with Gasteiger partial charge in [0.25, 0.3) is 0 Å². The van der Waals surface area contributed by atoms with Crippen LogP contribution in [-0.4, -0.2) is 51.7 Å². The number of carbonyl (C=O) groups excluding carboxylic acids is 2. The van der Waals surface area contributed by atoms with Crippen LogP contribution in [0.2, 0.25) is 0 Å². The van der Waals surface area contributed by atoms with Crippen molar-refractivity contribution in [1.29, 1.82) is 0 Å². The predicted octanol–water partition coefficient (Wildman–Crippen LogP) is -0.163. The lowest BCUT2D eigenvalue weighted by atomic mass is 10.2. The van der Waals surface area contributed by atoms with Crippen molar-refractivity contribution in [2.45, 2.75) is 18.6 Å². The van der Waals surface area contributed by atoms with E-state index < -0.39 is 30.1 Å². The molecule has 0 radical (unpaired) electrons. The number of carbonyl (C=O) groups is 3. The van der Waals surface area contributed by atoms with Gasteiger partial charge in [-0.3, -0.25) is 4.79 Å². The fourth-order valence-corrected chi connectivity index (χ4v) is 2.19. The van der Waals surface area contributed by atoms with Crippen LogP contribution in [-0.2, 0) is 4.79 Å². The summed E-state index contributed by atoms with van der Waals surface area (Å²) in [7, 11) is 0. The van der Waals surface area contributed by atoms with E-state index in [9.17, 15) is 19.5 Å². The summed E-state index contributed by atoms with van der Waals surface area (Å²) in [6, 6.07) is 4.20. The smallest absolute Gasteiger partial charge is 0.326 e. The third-order valence-electron chi connectivity index (χ3n) is 3.25. The fraction of sp³-hybridized carbons (Fsp3) is 0.308. The van der Waals surface area contributed by atoms with Gasteiger partial charge in [-0.2, -0.15) is 0 Å². The summed E-state index contributed by atoms with van der Waals surface area (Å²) in [5.41, 5.74) is 5.80. The van der Waals surface area contributed by atoms with Gasteiger partial charge >= 0.3 is 12.0 Å². The van der Waals surface area contributed by atoms with Crippen LogP contribution in [0.5, 0.6) is 0 Å².